The lowest BCUT2D eigenvalue weighted by Crippen LogP contribution is -2.17. The molecule has 0 atom stereocenters. The number of hydrogen-bond acceptors (Lipinski definition) is 6. The molecule has 0 bridgehead atoms. The summed E-state index contributed by atoms with van der Waals surface area (Å²) in [5.41, 5.74) is 3.11. The van der Waals surface area contributed by atoms with Gasteiger partial charge in [0.2, 0.25) is 5.82 Å². The van der Waals surface area contributed by atoms with Gasteiger partial charge in [-0.15, -0.1) is 13.2 Å². The van der Waals surface area contributed by atoms with E-state index in [2.05, 4.69) is 14.9 Å². The van der Waals surface area contributed by atoms with Gasteiger partial charge in [0.15, 0.2) is 0 Å². The monoisotopic (exact) mass is 384 g/mol. The van der Waals surface area contributed by atoms with Crippen LogP contribution in [0.5, 0.6) is 5.75 Å². The maximum atomic E-state index is 12.5. The maximum absolute atomic E-state index is 12.5. The molecule has 28 heavy (non-hydrogen) atoms. The molecule has 1 N–H and O–H groups in total. The summed E-state index contributed by atoms with van der Waals surface area (Å²) in [6, 6.07) is 10.6. The van der Waals surface area contributed by atoms with Crippen molar-refractivity contribution in [3.63, 3.8) is 0 Å². The Morgan fingerprint density at radius 3 is 2.68 bits per heavy atom. The summed E-state index contributed by atoms with van der Waals surface area (Å²) in [6.45, 7) is 0. The summed E-state index contributed by atoms with van der Waals surface area (Å²) < 4.78 is 46.7. The number of nitriles is 1. The highest BCUT2D eigenvalue weighted by molar-refractivity contribution is 6.03. The number of aromatic nitrogens is 2. The zero-order valence-electron chi connectivity index (χ0n) is 14.2. The Kier molecular flexibility index (Phi) is 4.11. The van der Waals surface area contributed by atoms with E-state index in [4.69, 9.17) is 15.2 Å². The van der Waals surface area contributed by atoms with Gasteiger partial charge in [-0.25, -0.2) is 0 Å². The summed E-state index contributed by atoms with van der Waals surface area (Å²) in [6.07, 6.45) is -3.58. The van der Waals surface area contributed by atoms with Gasteiger partial charge >= 0.3 is 6.36 Å². The average Bonchev–Trinajstić information content (AvgIpc) is 3.27. The molecular weight excluding hydrogens is 373 g/mol. The van der Waals surface area contributed by atoms with E-state index < -0.39 is 12.1 Å². The zero-order valence-corrected chi connectivity index (χ0v) is 14.2. The number of ether oxygens (including phenoxy) is 1. The van der Waals surface area contributed by atoms with Gasteiger partial charge in [-0.3, -0.25) is 0 Å². The largest absolute Gasteiger partial charge is 0.573 e. The fraction of sp³-hybridized carbons (Fsp3) is 0.158. The van der Waals surface area contributed by atoms with E-state index in [1.54, 1.807) is 18.2 Å². The van der Waals surface area contributed by atoms with Gasteiger partial charge in [0.1, 0.15) is 5.75 Å². The minimum atomic E-state index is -4.89. The second kappa shape index (κ2) is 6.49. The molecule has 2 aromatic carbocycles. The van der Waals surface area contributed by atoms with Crippen LogP contribution in [0.15, 0.2) is 40.9 Å². The fourth-order valence-electron chi connectivity index (χ4n) is 3.16. The number of alkyl halides is 3. The van der Waals surface area contributed by atoms with Crippen LogP contribution < -0.4 is 4.74 Å². The van der Waals surface area contributed by atoms with Gasteiger partial charge in [-0.2, -0.15) is 10.2 Å². The van der Waals surface area contributed by atoms with E-state index >= 15 is 0 Å². The smallest absolute Gasteiger partial charge is 0.406 e. The quantitative estimate of drug-likeness (QED) is 0.718. The molecule has 4 rings (SSSR count). The number of benzene rings is 2. The molecule has 0 unspecified atom stereocenters. The van der Waals surface area contributed by atoms with Crippen molar-refractivity contribution in [2.75, 3.05) is 0 Å². The van der Waals surface area contributed by atoms with Crippen molar-refractivity contribution in [3.05, 3.63) is 53.1 Å². The molecule has 0 radical (unpaired) electrons. The molecule has 140 valence electrons. The highest BCUT2D eigenvalue weighted by Crippen LogP contribution is 2.33. The van der Waals surface area contributed by atoms with Gasteiger partial charge < -0.3 is 14.7 Å². The highest BCUT2D eigenvalue weighted by Gasteiger charge is 2.31. The standard InChI is InChI=1S/C19H11F3N4O2/c20-19(21,22)27-12-7-10(9-23)6-11(8-12)18-25-17(26-28-18)15-3-1-2-14-13(15)4-5-16(14)24/h1-3,6-8,24H,4-5H2. The summed E-state index contributed by atoms with van der Waals surface area (Å²) in [4.78, 5) is 4.27. The van der Waals surface area contributed by atoms with Crippen molar-refractivity contribution in [2.24, 2.45) is 0 Å². The van der Waals surface area contributed by atoms with Gasteiger partial charge in [-0.05, 0) is 42.2 Å². The van der Waals surface area contributed by atoms with Crippen LogP contribution in [0, 0.1) is 16.7 Å². The SMILES string of the molecule is N#Cc1cc(OC(F)(F)F)cc(-c2nc(-c3cccc4c3CCC4=N)no2)c1. The van der Waals surface area contributed by atoms with Crippen molar-refractivity contribution < 1.29 is 22.4 Å². The lowest BCUT2D eigenvalue weighted by atomic mass is 10.0. The van der Waals surface area contributed by atoms with E-state index in [1.165, 1.54) is 6.07 Å². The van der Waals surface area contributed by atoms with Crippen LogP contribution in [0.2, 0.25) is 0 Å². The first kappa shape index (κ1) is 17.7. The number of rotatable bonds is 3. The fourth-order valence-corrected chi connectivity index (χ4v) is 3.16. The van der Waals surface area contributed by atoms with Gasteiger partial charge in [0, 0.05) is 16.8 Å². The third kappa shape index (κ3) is 3.32. The average molecular weight is 384 g/mol. The Balaban J connectivity index is 1.74. The molecule has 1 aliphatic rings. The van der Waals surface area contributed by atoms with Gasteiger partial charge in [0.05, 0.1) is 11.6 Å². The predicted molar refractivity (Wildman–Crippen MR) is 91.7 cm³/mol. The Labute approximate surface area is 156 Å². The first-order chi connectivity index (χ1) is 13.3. The molecule has 0 saturated heterocycles. The molecule has 3 aromatic rings. The molecule has 6 nitrogen and oxygen atoms in total. The highest BCUT2D eigenvalue weighted by atomic mass is 19.4. The Morgan fingerprint density at radius 1 is 1.14 bits per heavy atom. The number of hydrogen-bond donors (Lipinski definition) is 1. The lowest BCUT2D eigenvalue weighted by molar-refractivity contribution is -0.274. The molecule has 1 aromatic heterocycles. The van der Waals surface area contributed by atoms with Crippen molar-refractivity contribution in [1.82, 2.24) is 10.1 Å². The summed E-state index contributed by atoms with van der Waals surface area (Å²) >= 11 is 0. The minimum Gasteiger partial charge on any atom is -0.406 e. The first-order valence-corrected chi connectivity index (χ1v) is 8.19. The summed E-state index contributed by atoms with van der Waals surface area (Å²) in [7, 11) is 0. The number of halogens is 3. The zero-order chi connectivity index (χ0) is 19.9. The second-order valence-corrected chi connectivity index (χ2v) is 6.14. The second-order valence-electron chi connectivity index (χ2n) is 6.14. The molecule has 1 heterocycles. The number of nitrogens with one attached hydrogen (secondary N) is 1. The molecular formula is C19H11F3N4O2. The van der Waals surface area contributed by atoms with Crippen LogP contribution in [-0.4, -0.2) is 22.2 Å². The Morgan fingerprint density at radius 2 is 1.93 bits per heavy atom. The number of nitrogens with zero attached hydrogens (tertiary/aromatic N) is 3. The predicted octanol–water partition coefficient (Wildman–Crippen LogP) is 4.49. The molecule has 0 amide bonds. The van der Waals surface area contributed by atoms with Crippen LogP contribution in [0.4, 0.5) is 13.2 Å². The van der Waals surface area contributed by atoms with Crippen molar-refractivity contribution in [3.8, 4) is 34.7 Å². The van der Waals surface area contributed by atoms with Crippen LogP contribution in [0.3, 0.4) is 0 Å². The van der Waals surface area contributed by atoms with Gasteiger partial charge in [0.25, 0.3) is 5.89 Å². The van der Waals surface area contributed by atoms with E-state index in [0.29, 0.717) is 24.1 Å². The summed E-state index contributed by atoms with van der Waals surface area (Å²) in [5, 5.41) is 21.0. The van der Waals surface area contributed by atoms with E-state index in [1.807, 2.05) is 6.07 Å². The van der Waals surface area contributed by atoms with Crippen molar-refractivity contribution >= 4 is 5.71 Å². The van der Waals surface area contributed by atoms with Crippen LogP contribution in [0.1, 0.15) is 23.1 Å². The maximum Gasteiger partial charge on any atom is 0.573 e. The first-order valence-electron chi connectivity index (χ1n) is 8.19. The van der Waals surface area contributed by atoms with E-state index in [9.17, 15) is 13.2 Å². The third-order valence-electron chi connectivity index (χ3n) is 4.31. The van der Waals surface area contributed by atoms with Crippen molar-refractivity contribution in [2.45, 2.75) is 19.2 Å². The van der Waals surface area contributed by atoms with E-state index in [0.717, 1.165) is 23.3 Å². The van der Waals surface area contributed by atoms with Crippen LogP contribution in [-0.2, 0) is 6.42 Å². The Hall–Kier alpha value is -3.67. The molecule has 9 heteroatoms. The normalized spacial score (nSPS) is 13.3. The van der Waals surface area contributed by atoms with Crippen LogP contribution >= 0.6 is 0 Å². The summed E-state index contributed by atoms with van der Waals surface area (Å²) in [5.74, 6) is -0.317. The molecule has 0 fully saturated rings. The Bertz CT molecular complexity index is 1130. The molecule has 1 aliphatic carbocycles. The topological polar surface area (TPSA) is 95.8 Å². The number of fused-ring (bicyclic) bond motifs is 1. The van der Waals surface area contributed by atoms with E-state index in [-0.39, 0.29) is 22.8 Å². The third-order valence-corrected chi connectivity index (χ3v) is 4.31. The van der Waals surface area contributed by atoms with Gasteiger partial charge in [-0.1, -0.05) is 23.4 Å². The molecule has 0 aliphatic heterocycles. The minimum absolute atomic E-state index is 0.0365. The lowest BCUT2D eigenvalue weighted by Gasteiger charge is -2.09. The van der Waals surface area contributed by atoms with Crippen molar-refractivity contribution in [1.29, 1.82) is 10.7 Å². The van der Waals surface area contributed by atoms with Crippen LogP contribution in [0.25, 0.3) is 22.8 Å². The molecule has 0 spiro atoms. The molecule has 0 saturated carbocycles.